The van der Waals surface area contributed by atoms with Crippen molar-refractivity contribution in [2.45, 2.75) is 44.4 Å². The van der Waals surface area contributed by atoms with E-state index in [0.29, 0.717) is 12.1 Å². The molecule has 1 saturated carbocycles. The molecule has 0 spiro atoms. The molecule has 2 atom stereocenters. The van der Waals surface area contributed by atoms with Crippen LogP contribution < -0.4 is 9.47 Å². The SMILES string of the molecule is COc1ccc(CN2CCN(C3CCCCC3OC)CC2)c(OC)c1. The Hall–Kier alpha value is -1.30. The Balaban J connectivity index is 1.56. The number of benzene rings is 1. The lowest BCUT2D eigenvalue weighted by atomic mass is 9.90. The Labute approximate surface area is 151 Å². The van der Waals surface area contributed by atoms with E-state index < -0.39 is 0 Å². The van der Waals surface area contributed by atoms with Crippen LogP contribution >= 0.6 is 0 Å². The number of hydrogen-bond donors (Lipinski definition) is 0. The van der Waals surface area contributed by atoms with E-state index in [-0.39, 0.29) is 0 Å². The minimum absolute atomic E-state index is 0.419. The van der Waals surface area contributed by atoms with Gasteiger partial charge in [-0.2, -0.15) is 0 Å². The number of ether oxygens (including phenoxy) is 3. The summed E-state index contributed by atoms with van der Waals surface area (Å²) in [4.78, 5) is 5.17. The van der Waals surface area contributed by atoms with Gasteiger partial charge in [-0.15, -0.1) is 0 Å². The Morgan fingerprint density at radius 3 is 2.40 bits per heavy atom. The molecule has 2 unspecified atom stereocenters. The van der Waals surface area contributed by atoms with Crippen LogP contribution in [0.2, 0.25) is 0 Å². The largest absolute Gasteiger partial charge is 0.497 e. The minimum atomic E-state index is 0.419. The molecule has 1 saturated heterocycles. The van der Waals surface area contributed by atoms with Gasteiger partial charge in [-0.3, -0.25) is 9.80 Å². The predicted molar refractivity (Wildman–Crippen MR) is 99.4 cm³/mol. The van der Waals surface area contributed by atoms with Crippen molar-refractivity contribution in [3.8, 4) is 11.5 Å². The molecular formula is C20H32N2O3. The fourth-order valence-corrected chi connectivity index (χ4v) is 4.25. The molecule has 2 aliphatic rings. The summed E-state index contributed by atoms with van der Waals surface area (Å²) in [6.45, 7) is 5.38. The van der Waals surface area contributed by atoms with Gasteiger partial charge in [0.25, 0.3) is 0 Å². The Kier molecular flexibility index (Phi) is 6.57. The highest BCUT2D eigenvalue weighted by Gasteiger charge is 2.32. The van der Waals surface area contributed by atoms with Crippen molar-refractivity contribution in [3.05, 3.63) is 23.8 Å². The molecule has 1 aromatic rings. The highest BCUT2D eigenvalue weighted by molar-refractivity contribution is 5.40. The minimum Gasteiger partial charge on any atom is -0.497 e. The standard InChI is InChI=1S/C20H32N2O3/c1-23-17-9-8-16(20(14-17)25-3)15-21-10-12-22(13-11-21)18-6-4-5-7-19(18)24-2/h8-9,14,18-19H,4-7,10-13,15H2,1-3H3. The summed E-state index contributed by atoms with van der Waals surface area (Å²) < 4.78 is 16.6. The maximum Gasteiger partial charge on any atom is 0.127 e. The molecule has 0 bridgehead atoms. The van der Waals surface area contributed by atoms with Crippen LogP contribution in [-0.2, 0) is 11.3 Å². The van der Waals surface area contributed by atoms with E-state index in [9.17, 15) is 0 Å². The second kappa shape index (κ2) is 8.88. The zero-order chi connectivity index (χ0) is 17.6. The third-order valence-electron chi connectivity index (χ3n) is 5.73. The van der Waals surface area contributed by atoms with Crippen molar-refractivity contribution >= 4 is 0 Å². The van der Waals surface area contributed by atoms with Crippen LogP contribution in [0.3, 0.4) is 0 Å². The summed E-state index contributed by atoms with van der Waals surface area (Å²) in [6, 6.07) is 6.71. The average molecular weight is 348 g/mol. The second-order valence-corrected chi connectivity index (χ2v) is 7.12. The van der Waals surface area contributed by atoms with Crippen molar-refractivity contribution in [3.63, 3.8) is 0 Å². The van der Waals surface area contributed by atoms with Crippen LogP contribution in [0.25, 0.3) is 0 Å². The topological polar surface area (TPSA) is 34.2 Å². The Bertz CT molecular complexity index is 544. The number of piperazine rings is 1. The number of rotatable bonds is 6. The maximum absolute atomic E-state index is 5.75. The van der Waals surface area contributed by atoms with Gasteiger partial charge < -0.3 is 14.2 Å². The first-order valence-electron chi connectivity index (χ1n) is 9.45. The average Bonchev–Trinajstić information content (AvgIpc) is 2.69. The highest BCUT2D eigenvalue weighted by Crippen LogP contribution is 2.28. The quantitative estimate of drug-likeness (QED) is 0.790. The van der Waals surface area contributed by atoms with Gasteiger partial charge in [0, 0.05) is 57.5 Å². The van der Waals surface area contributed by atoms with Gasteiger partial charge >= 0.3 is 0 Å². The molecule has 0 amide bonds. The Morgan fingerprint density at radius 1 is 0.960 bits per heavy atom. The van der Waals surface area contributed by atoms with Crippen LogP contribution in [0, 0.1) is 0 Å². The summed E-state index contributed by atoms with van der Waals surface area (Å²) in [5.41, 5.74) is 1.23. The van der Waals surface area contributed by atoms with Crippen LogP contribution in [0.15, 0.2) is 18.2 Å². The monoisotopic (exact) mass is 348 g/mol. The molecule has 1 aliphatic heterocycles. The molecule has 25 heavy (non-hydrogen) atoms. The highest BCUT2D eigenvalue weighted by atomic mass is 16.5. The van der Waals surface area contributed by atoms with E-state index in [4.69, 9.17) is 14.2 Å². The summed E-state index contributed by atoms with van der Waals surface area (Å²) in [5.74, 6) is 1.75. The van der Waals surface area contributed by atoms with E-state index >= 15 is 0 Å². The number of nitrogens with zero attached hydrogens (tertiary/aromatic N) is 2. The van der Waals surface area contributed by atoms with Crippen LogP contribution in [0.5, 0.6) is 11.5 Å². The summed E-state index contributed by atoms with van der Waals surface area (Å²) in [5, 5.41) is 0. The van der Waals surface area contributed by atoms with Gasteiger partial charge in [0.2, 0.25) is 0 Å². The third kappa shape index (κ3) is 4.46. The number of methoxy groups -OCH3 is 3. The Morgan fingerprint density at radius 2 is 1.72 bits per heavy atom. The van der Waals surface area contributed by atoms with Crippen LogP contribution in [-0.4, -0.2) is 69.5 Å². The van der Waals surface area contributed by atoms with E-state index in [1.165, 1.54) is 31.2 Å². The van der Waals surface area contributed by atoms with Crippen molar-refractivity contribution in [1.82, 2.24) is 9.80 Å². The molecule has 5 nitrogen and oxygen atoms in total. The molecule has 0 radical (unpaired) electrons. The predicted octanol–water partition coefficient (Wildman–Crippen LogP) is 2.78. The molecule has 3 rings (SSSR count). The molecule has 1 heterocycles. The van der Waals surface area contributed by atoms with Gasteiger partial charge in [-0.05, 0) is 18.9 Å². The first-order chi connectivity index (χ1) is 12.2. The molecular weight excluding hydrogens is 316 g/mol. The van der Waals surface area contributed by atoms with Gasteiger partial charge in [-0.25, -0.2) is 0 Å². The zero-order valence-electron chi connectivity index (χ0n) is 15.9. The molecule has 5 heteroatoms. The molecule has 1 aliphatic carbocycles. The van der Waals surface area contributed by atoms with E-state index in [2.05, 4.69) is 15.9 Å². The fraction of sp³-hybridized carbons (Fsp3) is 0.700. The van der Waals surface area contributed by atoms with Crippen LogP contribution in [0.1, 0.15) is 31.2 Å². The van der Waals surface area contributed by atoms with E-state index in [0.717, 1.165) is 44.2 Å². The van der Waals surface area contributed by atoms with Gasteiger partial charge in [0.15, 0.2) is 0 Å². The summed E-state index contributed by atoms with van der Waals surface area (Å²) >= 11 is 0. The lowest BCUT2D eigenvalue weighted by Crippen LogP contribution is -2.54. The van der Waals surface area contributed by atoms with Crippen LogP contribution in [0.4, 0.5) is 0 Å². The van der Waals surface area contributed by atoms with Crippen molar-refractivity contribution in [2.75, 3.05) is 47.5 Å². The van der Waals surface area contributed by atoms with E-state index in [1.807, 2.05) is 19.2 Å². The van der Waals surface area contributed by atoms with Crippen molar-refractivity contribution in [2.24, 2.45) is 0 Å². The molecule has 140 valence electrons. The lowest BCUT2D eigenvalue weighted by Gasteiger charge is -2.43. The number of hydrogen-bond acceptors (Lipinski definition) is 5. The lowest BCUT2D eigenvalue weighted by molar-refractivity contribution is -0.0279. The van der Waals surface area contributed by atoms with Gasteiger partial charge in [0.1, 0.15) is 11.5 Å². The molecule has 1 aromatic carbocycles. The van der Waals surface area contributed by atoms with E-state index in [1.54, 1.807) is 14.2 Å². The summed E-state index contributed by atoms with van der Waals surface area (Å²) in [6.07, 6.45) is 5.57. The van der Waals surface area contributed by atoms with Crippen molar-refractivity contribution in [1.29, 1.82) is 0 Å². The zero-order valence-corrected chi connectivity index (χ0v) is 15.9. The smallest absolute Gasteiger partial charge is 0.127 e. The maximum atomic E-state index is 5.75. The fourth-order valence-electron chi connectivity index (χ4n) is 4.25. The van der Waals surface area contributed by atoms with Gasteiger partial charge in [-0.1, -0.05) is 18.9 Å². The normalized spacial score (nSPS) is 25.7. The van der Waals surface area contributed by atoms with Gasteiger partial charge in [0.05, 0.1) is 20.3 Å². The van der Waals surface area contributed by atoms with Crippen molar-refractivity contribution < 1.29 is 14.2 Å². The molecule has 0 aromatic heterocycles. The molecule has 2 fully saturated rings. The summed E-state index contributed by atoms with van der Waals surface area (Å²) in [7, 11) is 5.28. The first kappa shape index (κ1) is 18.5. The first-order valence-corrected chi connectivity index (χ1v) is 9.45. The third-order valence-corrected chi connectivity index (χ3v) is 5.73. The molecule has 0 N–H and O–H groups in total. The second-order valence-electron chi connectivity index (χ2n) is 7.12.